The van der Waals surface area contributed by atoms with Gasteiger partial charge in [0.05, 0.1) is 0 Å². The SMILES string of the molecule is Clc1ccc([C@@H]2C[C@H](Cl)Cc3ccccc3O2)cc1. The zero-order valence-corrected chi connectivity index (χ0v) is 11.9. The Morgan fingerprint density at radius 2 is 1.74 bits per heavy atom. The lowest BCUT2D eigenvalue weighted by atomic mass is 10.0. The van der Waals surface area contributed by atoms with E-state index in [2.05, 4.69) is 6.07 Å². The minimum absolute atomic E-state index is 0.0107. The van der Waals surface area contributed by atoms with E-state index in [1.165, 1.54) is 5.56 Å². The molecule has 0 bridgehead atoms. The summed E-state index contributed by atoms with van der Waals surface area (Å²) in [5.74, 6) is 0.936. The maximum Gasteiger partial charge on any atom is 0.125 e. The lowest BCUT2D eigenvalue weighted by Gasteiger charge is -2.18. The van der Waals surface area contributed by atoms with Gasteiger partial charge in [0.2, 0.25) is 0 Å². The molecule has 0 amide bonds. The van der Waals surface area contributed by atoms with Crippen LogP contribution in [0.2, 0.25) is 5.02 Å². The van der Waals surface area contributed by atoms with Gasteiger partial charge in [-0.1, -0.05) is 41.9 Å². The van der Waals surface area contributed by atoms with Crippen LogP contribution in [0.3, 0.4) is 0 Å². The van der Waals surface area contributed by atoms with Crippen molar-refractivity contribution < 1.29 is 4.74 Å². The van der Waals surface area contributed by atoms with Crippen molar-refractivity contribution in [3.63, 3.8) is 0 Å². The molecule has 0 spiro atoms. The van der Waals surface area contributed by atoms with Crippen LogP contribution >= 0.6 is 23.2 Å². The molecule has 0 saturated carbocycles. The molecule has 98 valence electrons. The minimum Gasteiger partial charge on any atom is -0.485 e. The highest BCUT2D eigenvalue weighted by atomic mass is 35.5. The highest BCUT2D eigenvalue weighted by Gasteiger charge is 2.24. The number of ether oxygens (including phenoxy) is 1. The first-order valence-electron chi connectivity index (χ1n) is 6.36. The summed E-state index contributed by atoms with van der Waals surface area (Å²) in [4.78, 5) is 0. The second kappa shape index (κ2) is 5.44. The molecule has 0 aromatic heterocycles. The molecular weight excluding hydrogens is 279 g/mol. The predicted octanol–water partition coefficient (Wildman–Crippen LogP) is 5.01. The van der Waals surface area contributed by atoms with Crippen LogP contribution in [0.15, 0.2) is 48.5 Å². The monoisotopic (exact) mass is 292 g/mol. The highest BCUT2D eigenvalue weighted by Crippen LogP contribution is 2.35. The summed E-state index contributed by atoms with van der Waals surface area (Å²) in [5, 5.41) is 0.824. The van der Waals surface area contributed by atoms with Crippen molar-refractivity contribution in [1.29, 1.82) is 0 Å². The summed E-state index contributed by atoms with van der Waals surface area (Å²) in [5.41, 5.74) is 2.30. The first-order valence-corrected chi connectivity index (χ1v) is 7.18. The summed E-state index contributed by atoms with van der Waals surface area (Å²) in [6.07, 6.45) is 1.64. The fourth-order valence-electron chi connectivity index (χ4n) is 2.42. The largest absolute Gasteiger partial charge is 0.485 e. The number of para-hydroxylation sites is 1. The molecule has 2 aromatic rings. The Labute approximate surface area is 123 Å². The summed E-state index contributed by atoms with van der Waals surface area (Å²) in [6, 6.07) is 15.9. The maximum atomic E-state index is 6.42. The third kappa shape index (κ3) is 2.88. The second-order valence-corrected chi connectivity index (χ2v) is 5.86. The van der Waals surface area contributed by atoms with E-state index in [0.29, 0.717) is 0 Å². The van der Waals surface area contributed by atoms with Crippen LogP contribution < -0.4 is 4.74 Å². The number of fused-ring (bicyclic) bond motifs is 1. The van der Waals surface area contributed by atoms with Crippen molar-refractivity contribution in [2.24, 2.45) is 0 Å². The fraction of sp³-hybridized carbons (Fsp3) is 0.250. The quantitative estimate of drug-likeness (QED) is 0.671. The van der Waals surface area contributed by atoms with Crippen molar-refractivity contribution >= 4 is 23.2 Å². The minimum atomic E-state index is -0.0107. The van der Waals surface area contributed by atoms with Crippen molar-refractivity contribution in [3.05, 3.63) is 64.7 Å². The van der Waals surface area contributed by atoms with Gasteiger partial charge in [0.1, 0.15) is 11.9 Å². The average Bonchev–Trinajstić information content (AvgIpc) is 2.57. The van der Waals surface area contributed by atoms with E-state index < -0.39 is 0 Å². The van der Waals surface area contributed by atoms with Gasteiger partial charge in [-0.15, -0.1) is 11.6 Å². The van der Waals surface area contributed by atoms with Crippen LogP contribution in [-0.4, -0.2) is 5.38 Å². The molecule has 2 atom stereocenters. The molecule has 2 aromatic carbocycles. The topological polar surface area (TPSA) is 9.23 Å². The molecule has 1 heterocycles. The standard InChI is InChI=1S/C16H14Cl2O/c17-13-7-5-11(6-8-13)16-10-14(18)9-12-3-1-2-4-15(12)19-16/h1-8,14,16H,9-10H2/t14-,16+/m1/s1. The van der Waals surface area contributed by atoms with E-state index >= 15 is 0 Å². The number of hydrogen-bond acceptors (Lipinski definition) is 1. The molecule has 19 heavy (non-hydrogen) atoms. The van der Waals surface area contributed by atoms with Gasteiger partial charge in [0.25, 0.3) is 0 Å². The Hall–Kier alpha value is -1.18. The number of alkyl halides is 1. The molecule has 0 unspecified atom stereocenters. The zero-order valence-electron chi connectivity index (χ0n) is 10.4. The Balaban J connectivity index is 1.93. The molecule has 0 saturated heterocycles. The molecular formula is C16H14Cl2O. The Kier molecular flexibility index (Phi) is 3.67. The average molecular weight is 293 g/mol. The van der Waals surface area contributed by atoms with Crippen LogP contribution in [0, 0.1) is 0 Å². The Morgan fingerprint density at radius 1 is 1.00 bits per heavy atom. The smallest absolute Gasteiger partial charge is 0.125 e. The van der Waals surface area contributed by atoms with Gasteiger partial charge < -0.3 is 4.74 Å². The highest BCUT2D eigenvalue weighted by molar-refractivity contribution is 6.30. The second-order valence-electron chi connectivity index (χ2n) is 4.80. The number of halogens is 2. The first-order chi connectivity index (χ1) is 9.22. The number of rotatable bonds is 1. The maximum absolute atomic E-state index is 6.42. The third-order valence-electron chi connectivity index (χ3n) is 3.39. The number of hydrogen-bond donors (Lipinski definition) is 0. The van der Waals surface area contributed by atoms with E-state index in [1.807, 2.05) is 42.5 Å². The number of benzene rings is 2. The van der Waals surface area contributed by atoms with Crippen molar-refractivity contribution in [1.82, 2.24) is 0 Å². The van der Waals surface area contributed by atoms with Gasteiger partial charge >= 0.3 is 0 Å². The summed E-state index contributed by atoms with van der Waals surface area (Å²) in [7, 11) is 0. The van der Waals surface area contributed by atoms with Gasteiger partial charge in [-0.3, -0.25) is 0 Å². The van der Waals surface area contributed by atoms with E-state index in [-0.39, 0.29) is 11.5 Å². The molecule has 0 N–H and O–H groups in total. The van der Waals surface area contributed by atoms with Crippen LogP contribution in [0.1, 0.15) is 23.7 Å². The van der Waals surface area contributed by atoms with Gasteiger partial charge in [0.15, 0.2) is 0 Å². The van der Waals surface area contributed by atoms with Crippen molar-refractivity contribution in [2.45, 2.75) is 24.3 Å². The van der Waals surface area contributed by atoms with E-state index in [1.54, 1.807) is 0 Å². The molecule has 3 rings (SSSR count). The van der Waals surface area contributed by atoms with Gasteiger partial charge in [-0.2, -0.15) is 0 Å². The van der Waals surface area contributed by atoms with Crippen LogP contribution in [0.25, 0.3) is 0 Å². The van der Waals surface area contributed by atoms with E-state index in [0.717, 1.165) is 29.2 Å². The molecule has 1 nitrogen and oxygen atoms in total. The summed E-state index contributed by atoms with van der Waals surface area (Å²) in [6.45, 7) is 0. The van der Waals surface area contributed by atoms with Gasteiger partial charge in [0, 0.05) is 16.8 Å². The fourth-order valence-corrected chi connectivity index (χ4v) is 2.88. The zero-order chi connectivity index (χ0) is 13.2. The third-order valence-corrected chi connectivity index (χ3v) is 3.98. The van der Waals surface area contributed by atoms with Gasteiger partial charge in [-0.25, -0.2) is 0 Å². The molecule has 0 fully saturated rings. The van der Waals surface area contributed by atoms with Crippen LogP contribution in [0.5, 0.6) is 5.75 Å². The Morgan fingerprint density at radius 3 is 2.53 bits per heavy atom. The predicted molar refractivity (Wildman–Crippen MR) is 79.2 cm³/mol. The van der Waals surface area contributed by atoms with Gasteiger partial charge in [-0.05, 0) is 35.7 Å². The van der Waals surface area contributed by atoms with Crippen molar-refractivity contribution in [2.75, 3.05) is 0 Å². The molecule has 1 aliphatic heterocycles. The van der Waals surface area contributed by atoms with Crippen molar-refractivity contribution in [3.8, 4) is 5.75 Å². The lowest BCUT2D eigenvalue weighted by Crippen LogP contribution is -2.11. The summed E-state index contributed by atoms with van der Waals surface area (Å²) < 4.78 is 6.13. The summed E-state index contributed by atoms with van der Waals surface area (Å²) >= 11 is 12.3. The van der Waals surface area contributed by atoms with E-state index in [4.69, 9.17) is 27.9 Å². The normalized spacial score (nSPS) is 22.2. The molecule has 1 aliphatic rings. The van der Waals surface area contributed by atoms with Crippen LogP contribution in [0.4, 0.5) is 0 Å². The van der Waals surface area contributed by atoms with E-state index in [9.17, 15) is 0 Å². The molecule has 0 aliphatic carbocycles. The molecule has 0 radical (unpaired) electrons. The lowest BCUT2D eigenvalue weighted by molar-refractivity contribution is 0.201. The van der Waals surface area contributed by atoms with Crippen LogP contribution in [-0.2, 0) is 6.42 Å². The Bertz CT molecular complexity index is 565. The first kappa shape index (κ1) is 12.8. The molecule has 3 heteroatoms.